The van der Waals surface area contributed by atoms with Crippen LogP contribution in [-0.4, -0.2) is 35.4 Å². The number of allylic oxidation sites excluding steroid dienone is 1. The van der Waals surface area contributed by atoms with Crippen molar-refractivity contribution < 1.29 is 23.8 Å². The molecule has 1 aliphatic heterocycles. The van der Waals surface area contributed by atoms with Gasteiger partial charge in [0, 0.05) is 22.2 Å². The molecule has 0 spiro atoms. The fourth-order valence-corrected chi connectivity index (χ4v) is 4.83. The second-order valence-electron chi connectivity index (χ2n) is 7.55. The van der Waals surface area contributed by atoms with Crippen LogP contribution >= 0.6 is 11.3 Å². The number of nitrogens with zero attached hydrogens (tertiary/aromatic N) is 1. The molecule has 0 radical (unpaired) electrons. The van der Waals surface area contributed by atoms with Crippen molar-refractivity contribution in [1.29, 1.82) is 0 Å². The fourth-order valence-electron chi connectivity index (χ4n) is 3.96. The van der Waals surface area contributed by atoms with Crippen LogP contribution in [0.1, 0.15) is 43.0 Å². The molecule has 1 amide bonds. The van der Waals surface area contributed by atoms with E-state index >= 15 is 0 Å². The number of fused-ring (bicyclic) bond motifs is 1. The molecule has 1 aromatic heterocycles. The lowest BCUT2D eigenvalue weighted by atomic mass is 9.95. The van der Waals surface area contributed by atoms with Crippen LogP contribution in [-0.2, 0) is 11.3 Å². The standard InChI is InChI=1S/C22H25FN2O4S/c1-13-21(15-9-10-30-20(15)12-25(13)22(27)28-2)24-16-8-7-14(23)11-19(16)29-18-6-4-3-5-17(18)26/h7-11,17-18,24,26H,3-6,12H2,1-2H3. The monoisotopic (exact) mass is 432 g/mol. The number of hydrogen-bond acceptors (Lipinski definition) is 6. The van der Waals surface area contributed by atoms with Crippen molar-refractivity contribution in [1.82, 2.24) is 4.90 Å². The van der Waals surface area contributed by atoms with Gasteiger partial charge < -0.3 is 19.9 Å². The van der Waals surface area contributed by atoms with Gasteiger partial charge >= 0.3 is 6.09 Å². The summed E-state index contributed by atoms with van der Waals surface area (Å²) in [5.74, 6) is -0.0733. The SMILES string of the molecule is COC(=O)N1Cc2sccc2C(Nc2ccc(F)cc2OC2CCCCC2O)=C1C. The zero-order chi connectivity index (χ0) is 21.3. The Morgan fingerprint density at radius 1 is 1.30 bits per heavy atom. The Labute approximate surface area is 178 Å². The highest BCUT2D eigenvalue weighted by Crippen LogP contribution is 2.38. The van der Waals surface area contributed by atoms with Crippen LogP contribution in [0.4, 0.5) is 14.9 Å². The Hall–Kier alpha value is -2.58. The molecular formula is C22H25FN2O4S. The van der Waals surface area contributed by atoms with Crippen LogP contribution in [0.5, 0.6) is 5.75 Å². The molecule has 0 bridgehead atoms. The van der Waals surface area contributed by atoms with E-state index in [4.69, 9.17) is 9.47 Å². The number of aliphatic hydroxyl groups excluding tert-OH is 1. The van der Waals surface area contributed by atoms with Crippen molar-refractivity contribution in [2.24, 2.45) is 0 Å². The lowest BCUT2D eigenvalue weighted by Gasteiger charge is -2.31. The van der Waals surface area contributed by atoms with Gasteiger partial charge in [0.2, 0.25) is 0 Å². The van der Waals surface area contributed by atoms with Gasteiger partial charge in [-0.2, -0.15) is 0 Å². The molecule has 8 heteroatoms. The summed E-state index contributed by atoms with van der Waals surface area (Å²) in [7, 11) is 1.36. The fraction of sp³-hybridized carbons (Fsp3) is 0.409. The zero-order valence-corrected chi connectivity index (χ0v) is 17.8. The topological polar surface area (TPSA) is 71.0 Å². The Kier molecular flexibility index (Phi) is 5.97. The van der Waals surface area contributed by atoms with Gasteiger partial charge in [-0.25, -0.2) is 9.18 Å². The summed E-state index contributed by atoms with van der Waals surface area (Å²) in [6.45, 7) is 2.28. The lowest BCUT2D eigenvalue weighted by Crippen LogP contribution is -2.35. The number of thiophene rings is 1. The third kappa shape index (κ3) is 4.02. The molecule has 2 atom stereocenters. The summed E-state index contributed by atoms with van der Waals surface area (Å²) < 4.78 is 25.0. The number of anilines is 1. The molecule has 2 heterocycles. The molecule has 1 aliphatic carbocycles. The Morgan fingerprint density at radius 3 is 2.87 bits per heavy atom. The Morgan fingerprint density at radius 2 is 2.10 bits per heavy atom. The highest BCUT2D eigenvalue weighted by atomic mass is 32.1. The Balaban J connectivity index is 1.68. The van der Waals surface area contributed by atoms with Crippen molar-refractivity contribution in [3.63, 3.8) is 0 Å². The van der Waals surface area contributed by atoms with Crippen LogP contribution in [0, 0.1) is 5.82 Å². The van der Waals surface area contributed by atoms with E-state index in [1.54, 1.807) is 22.3 Å². The highest BCUT2D eigenvalue weighted by molar-refractivity contribution is 7.10. The quantitative estimate of drug-likeness (QED) is 0.715. The van der Waals surface area contributed by atoms with E-state index in [1.807, 2.05) is 18.4 Å². The second-order valence-corrected chi connectivity index (χ2v) is 8.55. The molecule has 6 nitrogen and oxygen atoms in total. The van der Waals surface area contributed by atoms with E-state index < -0.39 is 18.0 Å². The Bertz CT molecular complexity index is 974. The van der Waals surface area contributed by atoms with Gasteiger partial charge in [-0.1, -0.05) is 6.42 Å². The molecule has 4 rings (SSSR count). The molecule has 2 aliphatic rings. The predicted molar refractivity (Wildman–Crippen MR) is 114 cm³/mol. The maximum atomic E-state index is 14.0. The zero-order valence-electron chi connectivity index (χ0n) is 17.0. The smallest absolute Gasteiger partial charge is 0.414 e. The summed E-state index contributed by atoms with van der Waals surface area (Å²) >= 11 is 1.56. The molecule has 160 valence electrons. The van der Waals surface area contributed by atoms with Crippen molar-refractivity contribution in [3.05, 3.63) is 51.6 Å². The number of aliphatic hydroxyl groups is 1. The molecule has 1 saturated carbocycles. The number of nitrogens with one attached hydrogen (secondary N) is 1. The lowest BCUT2D eigenvalue weighted by molar-refractivity contribution is 0.00712. The van der Waals surface area contributed by atoms with Gasteiger partial charge in [-0.05, 0) is 49.8 Å². The average molecular weight is 433 g/mol. The van der Waals surface area contributed by atoms with Gasteiger partial charge in [-0.3, -0.25) is 4.90 Å². The predicted octanol–water partition coefficient (Wildman–Crippen LogP) is 4.95. The van der Waals surface area contributed by atoms with E-state index in [-0.39, 0.29) is 6.10 Å². The minimum atomic E-state index is -0.566. The van der Waals surface area contributed by atoms with Crippen LogP contribution in [0.25, 0.3) is 5.70 Å². The molecule has 1 fully saturated rings. The number of benzene rings is 1. The number of methoxy groups -OCH3 is 1. The van der Waals surface area contributed by atoms with Crippen LogP contribution in [0.2, 0.25) is 0 Å². The van der Waals surface area contributed by atoms with Gasteiger partial charge in [0.25, 0.3) is 0 Å². The minimum absolute atomic E-state index is 0.341. The van der Waals surface area contributed by atoms with Gasteiger partial charge in [0.1, 0.15) is 17.7 Å². The van der Waals surface area contributed by atoms with E-state index in [0.717, 1.165) is 35.4 Å². The maximum Gasteiger partial charge on any atom is 0.414 e. The molecule has 2 aromatic rings. The number of amides is 1. The first kappa shape index (κ1) is 20.7. The summed E-state index contributed by atoms with van der Waals surface area (Å²) in [5, 5.41) is 15.6. The number of carbonyl (C=O) groups is 1. The summed E-state index contributed by atoms with van der Waals surface area (Å²) in [6.07, 6.45) is 1.96. The van der Waals surface area contributed by atoms with Crippen molar-refractivity contribution in [2.45, 2.75) is 51.4 Å². The van der Waals surface area contributed by atoms with E-state index in [9.17, 15) is 14.3 Å². The summed E-state index contributed by atoms with van der Waals surface area (Å²) in [5.41, 5.74) is 3.02. The summed E-state index contributed by atoms with van der Waals surface area (Å²) in [6, 6.07) is 6.30. The highest BCUT2D eigenvalue weighted by Gasteiger charge is 2.30. The number of halogens is 1. The first-order valence-corrected chi connectivity index (χ1v) is 10.9. The second kappa shape index (κ2) is 8.65. The molecular weight excluding hydrogens is 407 g/mol. The van der Waals surface area contributed by atoms with Gasteiger partial charge in [0.05, 0.1) is 31.1 Å². The van der Waals surface area contributed by atoms with E-state index in [1.165, 1.54) is 19.2 Å². The first-order valence-electron chi connectivity index (χ1n) is 10.0. The van der Waals surface area contributed by atoms with Gasteiger partial charge in [0.15, 0.2) is 0 Å². The molecule has 1 aromatic carbocycles. The molecule has 2 unspecified atom stereocenters. The van der Waals surface area contributed by atoms with Gasteiger partial charge in [-0.15, -0.1) is 11.3 Å². The molecule has 0 saturated heterocycles. The van der Waals surface area contributed by atoms with E-state index in [0.29, 0.717) is 30.1 Å². The maximum absolute atomic E-state index is 14.0. The third-order valence-corrected chi connectivity index (χ3v) is 6.53. The number of ether oxygens (including phenoxy) is 2. The molecule has 30 heavy (non-hydrogen) atoms. The number of rotatable bonds is 4. The van der Waals surface area contributed by atoms with Crippen molar-refractivity contribution >= 4 is 28.8 Å². The van der Waals surface area contributed by atoms with E-state index in [2.05, 4.69) is 5.32 Å². The largest absolute Gasteiger partial charge is 0.485 e. The first-order chi connectivity index (χ1) is 14.5. The van der Waals surface area contributed by atoms with Crippen molar-refractivity contribution in [2.75, 3.05) is 12.4 Å². The third-order valence-electron chi connectivity index (χ3n) is 5.63. The average Bonchev–Trinajstić information content (AvgIpc) is 3.21. The minimum Gasteiger partial charge on any atom is -0.485 e. The normalized spacial score (nSPS) is 21.3. The summed E-state index contributed by atoms with van der Waals surface area (Å²) in [4.78, 5) is 14.9. The van der Waals surface area contributed by atoms with Crippen molar-refractivity contribution in [3.8, 4) is 5.75 Å². The van der Waals surface area contributed by atoms with Crippen LogP contribution in [0.15, 0.2) is 35.3 Å². The van der Waals surface area contributed by atoms with Crippen LogP contribution in [0.3, 0.4) is 0 Å². The van der Waals surface area contributed by atoms with Crippen LogP contribution < -0.4 is 10.1 Å². The number of hydrogen-bond donors (Lipinski definition) is 2. The number of carbonyl (C=O) groups excluding carboxylic acids is 1. The molecule has 2 N–H and O–H groups in total.